The number of amides is 2. The minimum atomic E-state index is -0.314. The molecule has 0 saturated carbocycles. The summed E-state index contributed by atoms with van der Waals surface area (Å²) in [5.41, 5.74) is 3.63. The number of urea groups is 1. The highest BCUT2D eigenvalue weighted by Crippen LogP contribution is 2.19. The summed E-state index contributed by atoms with van der Waals surface area (Å²) in [6, 6.07) is 11.5. The van der Waals surface area contributed by atoms with Crippen molar-refractivity contribution in [2.24, 2.45) is 0 Å². The van der Waals surface area contributed by atoms with E-state index in [-0.39, 0.29) is 11.8 Å². The molecule has 0 bridgehead atoms. The Hall–Kier alpha value is -2.62. The van der Waals surface area contributed by atoms with E-state index in [0.29, 0.717) is 0 Å². The molecular formula is C17H17FN2O. The van der Waals surface area contributed by atoms with Gasteiger partial charge in [-0.25, -0.2) is 9.18 Å². The SMILES string of the molecule is Cc1cccc(C)c1NC(=O)N/C=C/c1ccc(F)cc1. The van der Waals surface area contributed by atoms with E-state index in [1.54, 1.807) is 18.2 Å². The van der Waals surface area contributed by atoms with Crippen LogP contribution in [0.15, 0.2) is 48.7 Å². The summed E-state index contributed by atoms with van der Waals surface area (Å²) in [5, 5.41) is 5.44. The molecule has 2 N–H and O–H groups in total. The standard InChI is InChI=1S/C17H17FN2O/c1-12-4-3-5-13(2)16(12)20-17(21)19-11-10-14-6-8-15(18)9-7-14/h3-11H,1-2H3,(H2,19,20,21)/b11-10+. The molecule has 4 heteroatoms. The fraction of sp³-hybridized carbons (Fsp3) is 0.118. The lowest BCUT2D eigenvalue weighted by Gasteiger charge is -2.10. The van der Waals surface area contributed by atoms with Crippen LogP contribution in [0.5, 0.6) is 0 Å². The van der Waals surface area contributed by atoms with Gasteiger partial charge in [-0.3, -0.25) is 0 Å². The van der Waals surface area contributed by atoms with E-state index in [9.17, 15) is 9.18 Å². The molecule has 0 unspecified atom stereocenters. The molecule has 0 saturated heterocycles. The topological polar surface area (TPSA) is 41.1 Å². The zero-order valence-corrected chi connectivity index (χ0v) is 12.0. The minimum Gasteiger partial charge on any atom is -0.314 e. The maximum Gasteiger partial charge on any atom is 0.323 e. The monoisotopic (exact) mass is 284 g/mol. The Bertz CT molecular complexity index is 643. The quantitative estimate of drug-likeness (QED) is 0.870. The second-order valence-corrected chi connectivity index (χ2v) is 4.75. The van der Waals surface area contributed by atoms with Crippen molar-refractivity contribution in [1.82, 2.24) is 5.32 Å². The second-order valence-electron chi connectivity index (χ2n) is 4.75. The molecule has 21 heavy (non-hydrogen) atoms. The molecule has 0 aliphatic carbocycles. The second kappa shape index (κ2) is 6.70. The van der Waals surface area contributed by atoms with Gasteiger partial charge in [-0.05, 0) is 48.7 Å². The summed E-state index contributed by atoms with van der Waals surface area (Å²) in [5.74, 6) is -0.284. The van der Waals surface area contributed by atoms with Crippen molar-refractivity contribution in [2.45, 2.75) is 13.8 Å². The first kappa shape index (κ1) is 14.8. The van der Waals surface area contributed by atoms with E-state index in [2.05, 4.69) is 10.6 Å². The first-order chi connectivity index (χ1) is 10.1. The van der Waals surface area contributed by atoms with Crippen LogP contribution in [-0.4, -0.2) is 6.03 Å². The lowest BCUT2D eigenvalue weighted by Crippen LogP contribution is -2.24. The Morgan fingerprint density at radius 2 is 1.67 bits per heavy atom. The van der Waals surface area contributed by atoms with Crippen LogP contribution in [0.3, 0.4) is 0 Å². The lowest BCUT2D eigenvalue weighted by molar-refractivity contribution is 0.255. The van der Waals surface area contributed by atoms with E-state index >= 15 is 0 Å². The third kappa shape index (κ3) is 4.18. The lowest BCUT2D eigenvalue weighted by atomic mass is 10.1. The number of halogens is 1. The molecule has 2 aromatic carbocycles. The summed E-state index contributed by atoms with van der Waals surface area (Å²) >= 11 is 0. The molecule has 2 rings (SSSR count). The minimum absolute atomic E-state index is 0.284. The van der Waals surface area contributed by atoms with Gasteiger partial charge in [0.2, 0.25) is 0 Å². The normalized spacial score (nSPS) is 10.6. The highest BCUT2D eigenvalue weighted by Gasteiger charge is 2.05. The molecule has 0 atom stereocenters. The largest absolute Gasteiger partial charge is 0.323 e. The number of rotatable bonds is 3. The number of carbonyl (C=O) groups excluding carboxylic acids is 1. The fourth-order valence-corrected chi connectivity index (χ4v) is 1.95. The Labute approximate surface area is 123 Å². The molecule has 0 fully saturated rings. The van der Waals surface area contributed by atoms with Crippen LogP contribution in [0.25, 0.3) is 6.08 Å². The van der Waals surface area contributed by atoms with Crippen LogP contribution in [0, 0.1) is 19.7 Å². The zero-order valence-electron chi connectivity index (χ0n) is 12.0. The van der Waals surface area contributed by atoms with Crippen molar-refractivity contribution < 1.29 is 9.18 Å². The average molecular weight is 284 g/mol. The van der Waals surface area contributed by atoms with E-state index in [1.165, 1.54) is 18.3 Å². The van der Waals surface area contributed by atoms with Gasteiger partial charge in [0, 0.05) is 11.9 Å². The van der Waals surface area contributed by atoms with Crippen LogP contribution >= 0.6 is 0 Å². The predicted molar refractivity (Wildman–Crippen MR) is 83.5 cm³/mol. The molecule has 3 nitrogen and oxygen atoms in total. The highest BCUT2D eigenvalue weighted by molar-refractivity contribution is 5.91. The van der Waals surface area contributed by atoms with Crippen molar-refractivity contribution in [3.05, 3.63) is 71.2 Å². The maximum absolute atomic E-state index is 12.8. The summed E-state index contributed by atoms with van der Waals surface area (Å²) in [6.45, 7) is 3.88. The molecule has 2 amide bonds. The molecule has 0 heterocycles. The number of hydrogen-bond acceptors (Lipinski definition) is 1. The van der Waals surface area contributed by atoms with Gasteiger partial charge in [0.05, 0.1) is 0 Å². The van der Waals surface area contributed by atoms with Gasteiger partial charge in [-0.1, -0.05) is 30.3 Å². The molecule has 108 valence electrons. The van der Waals surface area contributed by atoms with Crippen LogP contribution in [0.4, 0.5) is 14.9 Å². The van der Waals surface area contributed by atoms with Crippen molar-refractivity contribution in [3.63, 3.8) is 0 Å². The Morgan fingerprint density at radius 3 is 2.29 bits per heavy atom. The number of hydrogen-bond donors (Lipinski definition) is 2. The fourth-order valence-electron chi connectivity index (χ4n) is 1.95. The summed E-state index contributed by atoms with van der Waals surface area (Å²) in [6.07, 6.45) is 3.22. The summed E-state index contributed by atoms with van der Waals surface area (Å²) in [7, 11) is 0. The number of nitrogens with one attached hydrogen (secondary N) is 2. The third-order valence-corrected chi connectivity index (χ3v) is 3.08. The Balaban J connectivity index is 1.95. The highest BCUT2D eigenvalue weighted by atomic mass is 19.1. The van der Waals surface area contributed by atoms with Gasteiger partial charge in [0.25, 0.3) is 0 Å². The van der Waals surface area contributed by atoms with Gasteiger partial charge in [0.1, 0.15) is 5.82 Å². The van der Waals surface area contributed by atoms with Crippen LogP contribution in [0.1, 0.15) is 16.7 Å². The van der Waals surface area contributed by atoms with Crippen molar-refractivity contribution in [3.8, 4) is 0 Å². The predicted octanol–water partition coefficient (Wildman–Crippen LogP) is 4.23. The maximum atomic E-state index is 12.8. The van der Waals surface area contributed by atoms with Crippen LogP contribution in [-0.2, 0) is 0 Å². The number of benzene rings is 2. The smallest absolute Gasteiger partial charge is 0.314 e. The number of aryl methyl sites for hydroxylation is 2. The van der Waals surface area contributed by atoms with Gasteiger partial charge < -0.3 is 10.6 Å². The van der Waals surface area contributed by atoms with Crippen molar-refractivity contribution in [2.75, 3.05) is 5.32 Å². The third-order valence-electron chi connectivity index (χ3n) is 3.08. The number of anilines is 1. The molecule has 0 radical (unpaired) electrons. The molecule has 0 aliphatic rings. The first-order valence-electron chi connectivity index (χ1n) is 6.62. The number of carbonyl (C=O) groups is 1. The first-order valence-corrected chi connectivity index (χ1v) is 6.62. The molecular weight excluding hydrogens is 267 g/mol. The van der Waals surface area contributed by atoms with Crippen molar-refractivity contribution >= 4 is 17.8 Å². The van der Waals surface area contributed by atoms with Crippen molar-refractivity contribution in [1.29, 1.82) is 0 Å². The van der Waals surface area contributed by atoms with Crippen LogP contribution < -0.4 is 10.6 Å². The van der Waals surface area contributed by atoms with E-state index < -0.39 is 0 Å². The Kier molecular flexibility index (Phi) is 4.72. The number of para-hydroxylation sites is 1. The van der Waals surface area contributed by atoms with Gasteiger partial charge in [0.15, 0.2) is 0 Å². The van der Waals surface area contributed by atoms with Gasteiger partial charge in [-0.15, -0.1) is 0 Å². The van der Waals surface area contributed by atoms with Gasteiger partial charge in [-0.2, -0.15) is 0 Å². The van der Waals surface area contributed by atoms with E-state index in [0.717, 1.165) is 22.4 Å². The zero-order chi connectivity index (χ0) is 15.2. The molecule has 2 aromatic rings. The Morgan fingerprint density at radius 1 is 1.05 bits per heavy atom. The van der Waals surface area contributed by atoms with Crippen LogP contribution in [0.2, 0.25) is 0 Å². The summed E-state index contributed by atoms with van der Waals surface area (Å²) < 4.78 is 12.8. The average Bonchev–Trinajstić information content (AvgIpc) is 2.45. The molecule has 0 aromatic heterocycles. The molecule has 0 aliphatic heterocycles. The van der Waals surface area contributed by atoms with E-state index in [1.807, 2.05) is 32.0 Å². The van der Waals surface area contributed by atoms with Gasteiger partial charge >= 0.3 is 6.03 Å². The molecule has 0 spiro atoms. The summed E-state index contributed by atoms with van der Waals surface area (Å²) in [4.78, 5) is 11.8. The van der Waals surface area contributed by atoms with E-state index in [4.69, 9.17) is 0 Å².